The molecule has 2 rings (SSSR count). The molecule has 4 nitrogen and oxygen atoms in total. The van der Waals surface area contributed by atoms with E-state index in [4.69, 9.17) is 11.6 Å². The van der Waals surface area contributed by atoms with Gasteiger partial charge in [-0.1, -0.05) is 11.6 Å². The van der Waals surface area contributed by atoms with Crippen LogP contribution >= 0.6 is 24.0 Å². The lowest BCUT2D eigenvalue weighted by Crippen LogP contribution is -2.38. The molecule has 84 valence electrons. The molecule has 0 spiro atoms. The van der Waals surface area contributed by atoms with Crippen LogP contribution in [-0.2, 0) is 0 Å². The van der Waals surface area contributed by atoms with Crippen molar-refractivity contribution in [3.05, 3.63) is 17.5 Å². The van der Waals surface area contributed by atoms with Gasteiger partial charge in [0.1, 0.15) is 17.3 Å². The van der Waals surface area contributed by atoms with Gasteiger partial charge in [0.05, 0.1) is 0 Å². The second-order valence-electron chi connectivity index (χ2n) is 3.41. The van der Waals surface area contributed by atoms with Gasteiger partial charge in [-0.3, -0.25) is 0 Å². The normalized spacial score (nSPS) is 20.5. The Morgan fingerprint density at radius 3 is 3.00 bits per heavy atom. The number of hydrogen-bond donors (Lipinski definition) is 2. The number of nitrogens with one attached hydrogen (secondary N) is 2. The zero-order valence-electron chi connectivity index (χ0n) is 8.24. The molecule has 1 unspecified atom stereocenters. The third kappa shape index (κ3) is 3.81. The molecule has 1 atom stereocenters. The van der Waals surface area contributed by atoms with Crippen LogP contribution in [0.25, 0.3) is 0 Å². The standard InChI is InChI=1S/C9H13ClN4.ClH/c10-8-4-9(13-6-12-8)14-7-2-1-3-11-5-7;/h4,6-7,11H,1-3,5H2,(H,12,13,14);1H. The van der Waals surface area contributed by atoms with Gasteiger partial charge in [0.2, 0.25) is 0 Å². The summed E-state index contributed by atoms with van der Waals surface area (Å²) >= 11 is 5.76. The van der Waals surface area contributed by atoms with Gasteiger partial charge in [-0.15, -0.1) is 12.4 Å². The van der Waals surface area contributed by atoms with E-state index in [9.17, 15) is 0 Å². The van der Waals surface area contributed by atoms with Gasteiger partial charge in [0.15, 0.2) is 0 Å². The first-order valence-electron chi connectivity index (χ1n) is 4.79. The van der Waals surface area contributed by atoms with E-state index in [1.165, 1.54) is 19.2 Å². The molecule has 0 aromatic carbocycles. The number of anilines is 1. The maximum Gasteiger partial charge on any atom is 0.134 e. The summed E-state index contributed by atoms with van der Waals surface area (Å²) in [5, 5.41) is 7.13. The summed E-state index contributed by atoms with van der Waals surface area (Å²) in [7, 11) is 0. The summed E-state index contributed by atoms with van der Waals surface area (Å²) in [5.74, 6) is 0.804. The third-order valence-electron chi connectivity index (χ3n) is 2.28. The zero-order chi connectivity index (χ0) is 9.80. The molecule has 0 radical (unpaired) electrons. The summed E-state index contributed by atoms with van der Waals surface area (Å²) < 4.78 is 0. The highest BCUT2D eigenvalue weighted by atomic mass is 35.5. The maximum absolute atomic E-state index is 5.76. The van der Waals surface area contributed by atoms with Gasteiger partial charge in [-0.25, -0.2) is 9.97 Å². The number of aromatic nitrogens is 2. The molecule has 1 aromatic rings. The minimum absolute atomic E-state index is 0. The molecule has 0 bridgehead atoms. The fraction of sp³-hybridized carbons (Fsp3) is 0.556. The summed E-state index contributed by atoms with van der Waals surface area (Å²) in [4.78, 5) is 7.93. The highest BCUT2D eigenvalue weighted by Gasteiger charge is 2.12. The van der Waals surface area contributed by atoms with Gasteiger partial charge >= 0.3 is 0 Å². The summed E-state index contributed by atoms with van der Waals surface area (Å²) in [5.41, 5.74) is 0. The second kappa shape index (κ2) is 6.10. The van der Waals surface area contributed by atoms with Crippen LogP contribution < -0.4 is 10.6 Å². The number of nitrogens with zero attached hydrogens (tertiary/aromatic N) is 2. The van der Waals surface area contributed by atoms with Crippen molar-refractivity contribution in [1.29, 1.82) is 0 Å². The van der Waals surface area contributed by atoms with Crippen molar-refractivity contribution in [2.45, 2.75) is 18.9 Å². The fourth-order valence-electron chi connectivity index (χ4n) is 1.60. The van der Waals surface area contributed by atoms with Crippen molar-refractivity contribution >= 4 is 29.8 Å². The monoisotopic (exact) mass is 248 g/mol. The van der Waals surface area contributed by atoms with E-state index in [-0.39, 0.29) is 12.4 Å². The Hall–Kier alpha value is -0.580. The van der Waals surface area contributed by atoms with Crippen LogP contribution in [0.4, 0.5) is 5.82 Å². The van der Waals surface area contributed by atoms with Gasteiger partial charge < -0.3 is 10.6 Å². The lowest BCUT2D eigenvalue weighted by atomic mass is 10.1. The highest BCUT2D eigenvalue weighted by molar-refractivity contribution is 6.29. The Morgan fingerprint density at radius 2 is 2.33 bits per heavy atom. The lowest BCUT2D eigenvalue weighted by Gasteiger charge is -2.24. The highest BCUT2D eigenvalue weighted by Crippen LogP contribution is 2.12. The van der Waals surface area contributed by atoms with Crippen molar-refractivity contribution < 1.29 is 0 Å². The van der Waals surface area contributed by atoms with Crippen molar-refractivity contribution in [3.63, 3.8) is 0 Å². The average Bonchev–Trinajstić information content (AvgIpc) is 2.19. The van der Waals surface area contributed by atoms with Crippen LogP contribution in [-0.4, -0.2) is 29.1 Å². The summed E-state index contributed by atoms with van der Waals surface area (Å²) in [6.45, 7) is 2.10. The van der Waals surface area contributed by atoms with Gasteiger partial charge in [-0.2, -0.15) is 0 Å². The first-order valence-corrected chi connectivity index (χ1v) is 5.17. The van der Waals surface area contributed by atoms with E-state index in [1.807, 2.05) is 0 Å². The molecular weight excluding hydrogens is 235 g/mol. The summed E-state index contributed by atoms with van der Waals surface area (Å²) in [6, 6.07) is 2.20. The van der Waals surface area contributed by atoms with E-state index in [2.05, 4.69) is 20.6 Å². The topological polar surface area (TPSA) is 49.8 Å². The molecule has 1 aliphatic heterocycles. The molecule has 15 heavy (non-hydrogen) atoms. The minimum Gasteiger partial charge on any atom is -0.366 e. The molecule has 2 heterocycles. The van der Waals surface area contributed by atoms with E-state index < -0.39 is 0 Å². The Balaban J connectivity index is 0.00000112. The number of piperidine rings is 1. The van der Waals surface area contributed by atoms with Crippen molar-refractivity contribution in [2.24, 2.45) is 0 Å². The molecule has 6 heteroatoms. The van der Waals surface area contributed by atoms with Gasteiger partial charge in [0.25, 0.3) is 0 Å². The fourth-order valence-corrected chi connectivity index (χ4v) is 1.74. The molecule has 0 aliphatic carbocycles. The minimum atomic E-state index is 0. The molecule has 2 N–H and O–H groups in total. The molecule has 0 saturated carbocycles. The third-order valence-corrected chi connectivity index (χ3v) is 2.49. The van der Waals surface area contributed by atoms with Crippen molar-refractivity contribution in [1.82, 2.24) is 15.3 Å². The predicted octanol–water partition coefficient (Wildman–Crippen LogP) is 1.72. The van der Waals surface area contributed by atoms with Crippen LogP contribution in [0.1, 0.15) is 12.8 Å². The van der Waals surface area contributed by atoms with Crippen LogP contribution in [0, 0.1) is 0 Å². The van der Waals surface area contributed by atoms with Crippen molar-refractivity contribution in [2.75, 3.05) is 18.4 Å². The lowest BCUT2D eigenvalue weighted by molar-refractivity contribution is 0.479. The van der Waals surface area contributed by atoms with Crippen molar-refractivity contribution in [3.8, 4) is 0 Å². The first-order chi connectivity index (χ1) is 6.84. The van der Waals surface area contributed by atoms with Crippen LogP contribution in [0.2, 0.25) is 5.15 Å². The van der Waals surface area contributed by atoms with E-state index in [0.29, 0.717) is 11.2 Å². The smallest absolute Gasteiger partial charge is 0.134 e. The Bertz CT molecular complexity index is 302. The SMILES string of the molecule is Cl.Clc1cc(NC2CCCNC2)ncn1. The molecule has 1 saturated heterocycles. The Morgan fingerprint density at radius 1 is 1.47 bits per heavy atom. The van der Waals surface area contributed by atoms with E-state index >= 15 is 0 Å². The zero-order valence-corrected chi connectivity index (χ0v) is 9.81. The molecular formula is C9H14Cl2N4. The second-order valence-corrected chi connectivity index (χ2v) is 3.80. The van der Waals surface area contributed by atoms with E-state index in [0.717, 1.165) is 18.9 Å². The maximum atomic E-state index is 5.76. The average molecular weight is 249 g/mol. The van der Waals surface area contributed by atoms with Crippen LogP contribution in [0.5, 0.6) is 0 Å². The number of halogens is 2. The molecule has 1 fully saturated rings. The quantitative estimate of drug-likeness (QED) is 0.783. The van der Waals surface area contributed by atoms with Crippen LogP contribution in [0.3, 0.4) is 0 Å². The van der Waals surface area contributed by atoms with Crippen LogP contribution in [0.15, 0.2) is 12.4 Å². The van der Waals surface area contributed by atoms with E-state index in [1.54, 1.807) is 6.07 Å². The number of hydrogen-bond acceptors (Lipinski definition) is 4. The first kappa shape index (κ1) is 12.5. The number of rotatable bonds is 2. The molecule has 1 aromatic heterocycles. The largest absolute Gasteiger partial charge is 0.366 e. The molecule has 1 aliphatic rings. The predicted molar refractivity (Wildman–Crippen MR) is 63.8 cm³/mol. The summed E-state index contributed by atoms with van der Waals surface area (Å²) in [6.07, 6.45) is 3.85. The van der Waals surface area contributed by atoms with Gasteiger partial charge in [-0.05, 0) is 19.4 Å². The Kier molecular flexibility index (Phi) is 5.08. The molecule has 0 amide bonds. The van der Waals surface area contributed by atoms with Gasteiger partial charge in [0, 0.05) is 18.7 Å². The Labute approximate surface area is 100 Å².